The van der Waals surface area contributed by atoms with Crippen LogP contribution in [0.15, 0.2) is 41.3 Å². The molecule has 0 bridgehead atoms. The lowest BCUT2D eigenvalue weighted by Crippen LogP contribution is -2.18. The van der Waals surface area contributed by atoms with Crippen LogP contribution in [0, 0.1) is 18.6 Å². The molecule has 1 aromatic carbocycles. The van der Waals surface area contributed by atoms with Crippen LogP contribution in [0.3, 0.4) is 0 Å². The first-order chi connectivity index (χ1) is 14.1. The topological polar surface area (TPSA) is 110 Å². The standard InChI is InChI=1S/C19H20F2N4O4S/c1-4-30(27,28)24-19-22-15(12-7-11(2)18(26)25(3)10-12)9-17(23-19)29-16-6-5-13(20)8-14(16)21/h5-10,27-28H,4H2,1-3H3,(H,22,23,24). The molecule has 3 rings (SSSR count). The summed E-state index contributed by atoms with van der Waals surface area (Å²) >= 11 is 0. The molecule has 0 radical (unpaired) electrons. The third kappa shape index (κ3) is 4.93. The van der Waals surface area contributed by atoms with Gasteiger partial charge in [0.05, 0.1) is 11.4 Å². The van der Waals surface area contributed by atoms with E-state index in [1.54, 1.807) is 33.2 Å². The molecule has 2 aromatic heterocycles. The Morgan fingerprint density at radius 3 is 2.57 bits per heavy atom. The highest BCUT2D eigenvalue weighted by molar-refractivity contribution is 8.25. The van der Waals surface area contributed by atoms with Crippen molar-refractivity contribution in [3.05, 3.63) is 64.1 Å². The van der Waals surface area contributed by atoms with Crippen LogP contribution in [0.1, 0.15) is 12.5 Å². The molecule has 0 fully saturated rings. The van der Waals surface area contributed by atoms with Crippen LogP contribution in [-0.2, 0) is 7.05 Å². The molecule has 0 unspecified atom stereocenters. The summed E-state index contributed by atoms with van der Waals surface area (Å²) in [6.45, 7) is 3.21. The molecule has 30 heavy (non-hydrogen) atoms. The van der Waals surface area contributed by atoms with Gasteiger partial charge in [0.25, 0.3) is 5.56 Å². The maximum Gasteiger partial charge on any atom is 0.253 e. The number of pyridine rings is 1. The molecule has 0 spiro atoms. The van der Waals surface area contributed by atoms with E-state index in [1.165, 1.54) is 10.6 Å². The van der Waals surface area contributed by atoms with Crippen molar-refractivity contribution in [2.45, 2.75) is 13.8 Å². The molecule has 0 saturated heterocycles. The van der Waals surface area contributed by atoms with Gasteiger partial charge in [-0.15, -0.1) is 10.8 Å². The van der Waals surface area contributed by atoms with E-state index in [9.17, 15) is 22.7 Å². The number of halogens is 2. The first-order valence-corrected chi connectivity index (χ1v) is 10.5. The van der Waals surface area contributed by atoms with E-state index in [0.29, 0.717) is 17.2 Å². The van der Waals surface area contributed by atoms with Crippen molar-refractivity contribution >= 4 is 16.7 Å². The van der Waals surface area contributed by atoms with E-state index >= 15 is 0 Å². The average Bonchev–Trinajstić information content (AvgIpc) is 2.67. The minimum Gasteiger partial charge on any atom is -0.436 e. The summed E-state index contributed by atoms with van der Waals surface area (Å²) in [6, 6.07) is 5.80. The fourth-order valence-electron chi connectivity index (χ4n) is 2.58. The quantitative estimate of drug-likeness (QED) is 0.526. The fourth-order valence-corrected chi connectivity index (χ4v) is 3.11. The van der Waals surface area contributed by atoms with Crippen molar-refractivity contribution in [1.29, 1.82) is 0 Å². The first-order valence-electron chi connectivity index (χ1n) is 8.81. The van der Waals surface area contributed by atoms with Crippen LogP contribution in [-0.4, -0.2) is 29.4 Å². The van der Waals surface area contributed by atoms with Crippen molar-refractivity contribution < 1.29 is 22.6 Å². The van der Waals surface area contributed by atoms with Crippen molar-refractivity contribution in [3.63, 3.8) is 0 Å². The molecular formula is C19H20F2N4O4S. The van der Waals surface area contributed by atoms with Gasteiger partial charge in [0.15, 0.2) is 11.6 Å². The summed E-state index contributed by atoms with van der Waals surface area (Å²) in [4.78, 5) is 20.3. The zero-order valence-electron chi connectivity index (χ0n) is 16.4. The predicted molar refractivity (Wildman–Crippen MR) is 111 cm³/mol. The van der Waals surface area contributed by atoms with Crippen molar-refractivity contribution in [3.8, 4) is 22.9 Å². The second kappa shape index (κ2) is 8.38. The second-order valence-electron chi connectivity index (χ2n) is 6.48. The SMILES string of the molecule is CCS(O)(O)Nc1nc(Oc2ccc(F)cc2F)cc(-c2cc(C)c(=O)n(C)c2)n1. The van der Waals surface area contributed by atoms with Gasteiger partial charge >= 0.3 is 0 Å². The maximum atomic E-state index is 14.0. The molecule has 2 heterocycles. The Hall–Kier alpha value is -3.02. The highest BCUT2D eigenvalue weighted by atomic mass is 32.3. The zero-order valence-corrected chi connectivity index (χ0v) is 17.2. The third-order valence-corrected chi connectivity index (χ3v) is 5.44. The first kappa shape index (κ1) is 21.7. The van der Waals surface area contributed by atoms with E-state index in [1.807, 2.05) is 0 Å². The molecule has 8 nitrogen and oxygen atoms in total. The number of nitrogens with zero attached hydrogens (tertiary/aromatic N) is 3. The van der Waals surface area contributed by atoms with E-state index < -0.39 is 22.4 Å². The molecule has 160 valence electrons. The maximum absolute atomic E-state index is 14.0. The Kier molecular flexibility index (Phi) is 6.06. The van der Waals surface area contributed by atoms with Gasteiger partial charge < -0.3 is 9.30 Å². The molecule has 3 aromatic rings. The number of aryl methyl sites for hydroxylation is 2. The Morgan fingerprint density at radius 1 is 1.20 bits per heavy atom. The molecule has 0 amide bonds. The lowest BCUT2D eigenvalue weighted by Gasteiger charge is -2.31. The van der Waals surface area contributed by atoms with E-state index in [2.05, 4.69) is 14.7 Å². The number of nitrogens with one attached hydrogen (secondary N) is 1. The van der Waals surface area contributed by atoms with E-state index in [0.717, 1.165) is 12.1 Å². The number of rotatable bonds is 6. The molecule has 0 aliphatic carbocycles. The van der Waals surface area contributed by atoms with Crippen LogP contribution in [0.4, 0.5) is 14.7 Å². The van der Waals surface area contributed by atoms with E-state index in [4.69, 9.17) is 4.74 Å². The Bertz CT molecular complexity index is 1130. The third-order valence-electron chi connectivity index (χ3n) is 4.13. The van der Waals surface area contributed by atoms with Crippen LogP contribution in [0.5, 0.6) is 11.6 Å². The molecule has 0 aliphatic heterocycles. The van der Waals surface area contributed by atoms with Crippen LogP contribution in [0.25, 0.3) is 11.3 Å². The Labute approximate surface area is 172 Å². The van der Waals surface area contributed by atoms with Crippen LogP contribution < -0.4 is 15.0 Å². The normalized spacial score (nSPS) is 12.0. The summed E-state index contributed by atoms with van der Waals surface area (Å²) in [5, 5.41) is 0. The Balaban J connectivity index is 2.10. The lowest BCUT2D eigenvalue weighted by molar-refractivity contribution is 0.423. The van der Waals surface area contributed by atoms with Crippen molar-refractivity contribution in [2.75, 3.05) is 10.5 Å². The minimum absolute atomic E-state index is 0.00230. The smallest absolute Gasteiger partial charge is 0.253 e. The number of aromatic nitrogens is 3. The predicted octanol–water partition coefficient (Wildman–Crippen LogP) is 4.32. The molecule has 11 heteroatoms. The largest absolute Gasteiger partial charge is 0.436 e. The highest BCUT2D eigenvalue weighted by Gasteiger charge is 2.16. The lowest BCUT2D eigenvalue weighted by atomic mass is 10.1. The van der Waals surface area contributed by atoms with Gasteiger partial charge in [-0.3, -0.25) is 18.6 Å². The van der Waals surface area contributed by atoms with Crippen LogP contribution in [0.2, 0.25) is 0 Å². The summed E-state index contributed by atoms with van der Waals surface area (Å²) < 4.78 is 56.4. The average molecular weight is 438 g/mol. The Morgan fingerprint density at radius 2 is 1.93 bits per heavy atom. The summed E-state index contributed by atoms with van der Waals surface area (Å²) in [5.74, 6) is -2.25. The minimum atomic E-state index is -3.21. The number of benzene rings is 1. The monoisotopic (exact) mass is 438 g/mol. The van der Waals surface area contributed by atoms with Gasteiger partial charge in [0, 0.05) is 36.5 Å². The summed E-state index contributed by atoms with van der Waals surface area (Å²) in [6.07, 6.45) is 1.54. The highest BCUT2D eigenvalue weighted by Crippen LogP contribution is 2.38. The second-order valence-corrected chi connectivity index (χ2v) is 8.59. The van der Waals surface area contributed by atoms with Crippen molar-refractivity contribution in [2.24, 2.45) is 7.05 Å². The van der Waals surface area contributed by atoms with Gasteiger partial charge in [-0.25, -0.2) is 13.8 Å². The molecule has 0 aliphatic rings. The molecule has 0 saturated carbocycles. The van der Waals surface area contributed by atoms with Gasteiger partial charge in [-0.1, -0.05) is 0 Å². The van der Waals surface area contributed by atoms with Gasteiger partial charge in [-0.2, -0.15) is 4.98 Å². The van der Waals surface area contributed by atoms with Gasteiger partial charge in [0.2, 0.25) is 11.8 Å². The number of hydrogen-bond donors (Lipinski definition) is 3. The molecular weight excluding hydrogens is 418 g/mol. The number of ether oxygens (including phenoxy) is 1. The zero-order chi connectivity index (χ0) is 22.1. The van der Waals surface area contributed by atoms with Crippen molar-refractivity contribution in [1.82, 2.24) is 14.5 Å². The summed E-state index contributed by atoms with van der Waals surface area (Å²) in [5.41, 5.74) is 1.09. The van der Waals surface area contributed by atoms with E-state index in [-0.39, 0.29) is 34.6 Å². The van der Waals surface area contributed by atoms with Gasteiger partial charge in [-0.05, 0) is 32.0 Å². The molecule has 0 atom stereocenters. The number of hydrogen-bond acceptors (Lipinski definition) is 7. The van der Waals surface area contributed by atoms with Crippen LogP contribution >= 0.6 is 10.8 Å². The summed E-state index contributed by atoms with van der Waals surface area (Å²) in [7, 11) is -1.63. The number of anilines is 1. The molecule has 3 N–H and O–H groups in total. The fraction of sp³-hybridized carbons (Fsp3) is 0.211. The van der Waals surface area contributed by atoms with Gasteiger partial charge in [0.1, 0.15) is 5.82 Å².